The number of imide groups is 1. The van der Waals surface area contributed by atoms with Crippen LogP contribution in [0.5, 0.6) is 0 Å². The van der Waals surface area contributed by atoms with Gasteiger partial charge in [-0.15, -0.1) is 11.8 Å². The van der Waals surface area contributed by atoms with Crippen LogP contribution in [0.3, 0.4) is 0 Å². The molecule has 0 saturated carbocycles. The van der Waals surface area contributed by atoms with E-state index < -0.39 is 6.03 Å². The molecule has 24 heavy (non-hydrogen) atoms. The molecule has 3 amide bonds. The average molecular weight is 359 g/mol. The monoisotopic (exact) mass is 358 g/mol. The van der Waals surface area contributed by atoms with Crippen LogP contribution in [0.2, 0.25) is 5.02 Å². The summed E-state index contributed by atoms with van der Waals surface area (Å²) in [7, 11) is 0. The second-order valence-corrected chi connectivity index (χ2v) is 6.60. The fourth-order valence-corrected chi connectivity index (χ4v) is 2.89. The Balaban J connectivity index is 1.77. The van der Waals surface area contributed by atoms with Crippen LogP contribution in [-0.2, 0) is 11.3 Å². The predicted octanol–water partition coefficient (Wildman–Crippen LogP) is 4.15. The van der Waals surface area contributed by atoms with Gasteiger partial charge in [-0.2, -0.15) is 0 Å². The van der Waals surface area contributed by atoms with Crippen LogP contribution in [0.1, 0.15) is 11.1 Å². The molecule has 1 aliphatic heterocycles. The van der Waals surface area contributed by atoms with Crippen molar-refractivity contribution in [1.82, 2.24) is 10.2 Å². The maximum absolute atomic E-state index is 12.5. The van der Waals surface area contributed by atoms with E-state index in [1.807, 2.05) is 30.5 Å². The van der Waals surface area contributed by atoms with E-state index >= 15 is 0 Å². The molecule has 0 spiro atoms. The fraction of sp³-hybridized carbons (Fsp3) is 0.111. The third kappa shape index (κ3) is 3.63. The lowest BCUT2D eigenvalue weighted by Crippen LogP contribution is -2.30. The van der Waals surface area contributed by atoms with E-state index in [2.05, 4.69) is 5.32 Å². The first kappa shape index (κ1) is 16.6. The summed E-state index contributed by atoms with van der Waals surface area (Å²) in [5, 5.41) is 3.25. The Labute approximate surface area is 149 Å². The third-order valence-electron chi connectivity index (χ3n) is 3.64. The van der Waals surface area contributed by atoms with Gasteiger partial charge in [0.2, 0.25) is 0 Å². The van der Waals surface area contributed by atoms with E-state index in [1.54, 1.807) is 42.1 Å². The Kier molecular flexibility index (Phi) is 4.92. The van der Waals surface area contributed by atoms with Crippen LogP contribution in [0.15, 0.2) is 59.1 Å². The van der Waals surface area contributed by atoms with Gasteiger partial charge in [0.05, 0.1) is 6.54 Å². The molecule has 1 N–H and O–H groups in total. The molecule has 3 rings (SSSR count). The van der Waals surface area contributed by atoms with Crippen LogP contribution in [-0.4, -0.2) is 23.1 Å². The van der Waals surface area contributed by atoms with Crippen molar-refractivity contribution >= 4 is 41.4 Å². The number of carbonyl (C=O) groups is 2. The molecule has 0 aromatic heterocycles. The highest BCUT2D eigenvalue weighted by atomic mass is 35.5. The summed E-state index contributed by atoms with van der Waals surface area (Å²) < 4.78 is 0. The number of nitrogens with zero attached hydrogens (tertiary/aromatic N) is 1. The van der Waals surface area contributed by atoms with Gasteiger partial charge in [0.25, 0.3) is 5.91 Å². The summed E-state index contributed by atoms with van der Waals surface area (Å²) in [6, 6.07) is 14.4. The molecule has 0 atom stereocenters. The molecule has 4 nitrogen and oxygen atoms in total. The number of hydrogen-bond donors (Lipinski definition) is 1. The molecule has 1 heterocycles. The highest BCUT2D eigenvalue weighted by Gasteiger charge is 2.33. The summed E-state index contributed by atoms with van der Waals surface area (Å²) >= 11 is 7.50. The summed E-state index contributed by atoms with van der Waals surface area (Å²) in [6.45, 7) is 0.213. The van der Waals surface area contributed by atoms with Crippen LogP contribution in [0.4, 0.5) is 4.79 Å². The quantitative estimate of drug-likeness (QED) is 0.507. The zero-order valence-electron chi connectivity index (χ0n) is 13.0. The molecule has 2 aromatic carbocycles. The highest BCUT2D eigenvalue weighted by Crippen LogP contribution is 2.20. The molecule has 2 aromatic rings. The van der Waals surface area contributed by atoms with Crippen LogP contribution in [0, 0.1) is 0 Å². The van der Waals surface area contributed by atoms with Gasteiger partial charge in [0, 0.05) is 9.92 Å². The van der Waals surface area contributed by atoms with Gasteiger partial charge in [0.15, 0.2) is 0 Å². The van der Waals surface area contributed by atoms with Crippen LogP contribution < -0.4 is 5.32 Å². The molecular weight excluding hydrogens is 344 g/mol. The lowest BCUT2D eigenvalue weighted by molar-refractivity contribution is -0.123. The number of amides is 3. The largest absolute Gasteiger partial charge is 0.329 e. The lowest BCUT2D eigenvalue weighted by Gasteiger charge is -2.11. The minimum absolute atomic E-state index is 0.213. The van der Waals surface area contributed by atoms with Crippen molar-refractivity contribution in [3.8, 4) is 0 Å². The Morgan fingerprint density at radius 2 is 1.75 bits per heavy atom. The normalized spacial score (nSPS) is 15.9. The van der Waals surface area contributed by atoms with E-state index in [4.69, 9.17) is 11.6 Å². The van der Waals surface area contributed by atoms with Gasteiger partial charge < -0.3 is 5.32 Å². The number of halogens is 1. The van der Waals surface area contributed by atoms with E-state index in [9.17, 15) is 9.59 Å². The molecule has 122 valence electrons. The van der Waals surface area contributed by atoms with Gasteiger partial charge in [-0.3, -0.25) is 9.69 Å². The van der Waals surface area contributed by atoms with Gasteiger partial charge in [-0.05, 0) is 47.7 Å². The van der Waals surface area contributed by atoms with Crippen molar-refractivity contribution in [2.24, 2.45) is 0 Å². The molecule has 0 unspecified atom stereocenters. The number of hydrogen-bond acceptors (Lipinski definition) is 3. The number of carbonyl (C=O) groups excluding carboxylic acids is 2. The number of benzene rings is 2. The third-order valence-corrected chi connectivity index (χ3v) is 4.64. The summed E-state index contributed by atoms with van der Waals surface area (Å²) in [4.78, 5) is 26.9. The zero-order valence-corrected chi connectivity index (χ0v) is 14.5. The van der Waals surface area contributed by atoms with Crippen LogP contribution in [0.25, 0.3) is 6.08 Å². The Bertz CT molecular complexity index is 801. The highest BCUT2D eigenvalue weighted by molar-refractivity contribution is 7.98. The molecule has 0 bridgehead atoms. The number of nitrogens with one attached hydrogen (secondary N) is 1. The molecular formula is C18H15ClN2O2S. The topological polar surface area (TPSA) is 49.4 Å². The summed E-state index contributed by atoms with van der Waals surface area (Å²) in [5.41, 5.74) is 1.99. The standard InChI is InChI=1S/C18H15ClN2O2S/c1-24-15-8-4-12(5-9-15)10-16-17(22)21(18(23)20-16)11-13-2-6-14(19)7-3-13/h2-10H,11H2,1H3,(H,20,23)/b16-10-. The Hall–Kier alpha value is -2.24. The molecule has 1 fully saturated rings. The van der Waals surface area contributed by atoms with E-state index in [0.29, 0.717) is 5.02 Å². The van der Waals surface area contributed by atoms with Crippen molar-refractivity contribution in [3.05, 3.63) is 70.4 Å². The first-order valence-corrected chi connectivity index (χ1v) is 8.90. The Morgan fingerprint density at radius 3 is 2.38 bits per heavy atom. The van der Waals surface area contributed by atoms with E-state index in [1.165, 1.54) is 4.90 Å². The molecule has 1 saturated heterocycles. The second-order valence-electron chi connectivity index (χ2n) is 5.28. The number of urea groups is 1. The lowest BCUT2D eigenvalue weighted by atomic mass is 10.2. The van der Waals surface area contributed by atoms with E-state index in [0.717, 1.165) is 16.0 Å². The van der Waals surface area contributed by atoms with Crippen molar-refractivity contribution in [2.75, 3.05) is 6.26 Å². The molecule has 0 aliphatic carbocycles. The predicted molar refractivity (Wildman–Crippen MR) is 96.7 cm³/mol. The average Bonchev–Trinajstić information content (AvgIpc) is 2.85. The SMILES string of the molecule is CSc1ccc(/C=C2\NC(=O)N(Cc3ccc(Cl)cc3)C2=O)cc1. The minimum atomic E-state index is -0.415. The molecule has 6 heteroatoms. The van der Waals surface area contributed by atoms with Gasteiger partial charge in [-0.25, -0.2) is 4.79 Å². The van der Waals surface area contributed by atoms with Crippen molar-refractivity contribution in [3.63, 3.8) is 0 Å². The smallest absolute Gasteiger partial charge is 0.303 e. The minimum Gasteiger partial charge on any atom is -0.303 e. The first-order valence-electron chi connectivity index (χ1n) is 7.30. The van der Waals surface area contributed by atoms with Crippen molar-refractivity contribution < 1.29 is 9.59 Å². The molecule has 0 radical (unpaired) electrons. The van der Waals surface area contributed by atoms with Gasteiger partial charge in [0.1, 0.15) is 5.70 Å². The molecule has 1 aliphatic rings. The zero-order chi connectivity index (χ0) is 17.1. The number of rotatable bonds is 4. The maximum atomic E-state index is 12.5. The maximum Gasteiger partial charge on any atom is 0.329 e. The second kappa shape index (κ2) is 7.11. The van der Waals surface area contributed by atoms with Gasteiger partial charge in [-0.1, -0.05) is 35.9 Å². The Morgan fingerprint density at radius 1 is 1.08 bits per heavy atom. The van der Waals surface area contributed by atoms with Crippen molar-refractivity contribution in [1.29, 1.82) is 0 Å². The van der Waals surface area contributed by atoms with E-state index in [-0.39, 0.29) is 18.1 Å². The van der Waals surface area contributed by atoms with Crippen molar-refractivity contribution in [2.45, 2.75) is 11.4 Å². The summed E-state index contributed by atoms with van der Waals surface area (Å²) in [6.07, 6.45) is 3.69. The van der Waals surface area contributed by atoms with Gasteiger partial charge >= 0.3 is 6.03 Å². The number of thioether (sulfide) groups is 1. The van der Waals surface area contributed by atoms with Crippen LogP contribution >= 0.6 is 23.4 Å². The first-order chi connectivity index (χ1) is 11.6. The fourth-order valence-electron chi connectivity index (χ4n) is 2.35. The summed E-state index contributed by atoms with van der Waals surface area (Å²) in [5.74, 6) is -0.330.